The number of rotatable bonds is 2. The predicted octanol–water partition coefficient (Wildman–Crippen LogP) is 2.08. The van der Waals surface area contributed by atoms with Gasteiger partial charge in [0.15, 0.2) is 0 Å². The smallest absolute Gasteiger partial charge is 0.108 e. The van der Waals surface area contributed by atoms with Crippen molar-refractivity contribution in [2.24, 2.45) is 11.1 Å². The lowest BCUT2D eigenvalue weighted by atomic mass is 9.90. The fourth-order valence-electron chi connectivity index (χ4n) is 1.36. The quantitative estimate of drug-likeness (QED) is 0.425. The largest absolute Gasteiger partial charge is 0.399 e. The van der Waals surface area contributed by atoms with Gasteiger partial charge in [0.25, 0.3) is 0 Å². The van der Waals surface area contributed by atoms with E-state index in [1.54, 1.807) is 7.11 Å². The van der Waals surface area contributed by atoms with Crippen LogP contribution < -0.4 is 0 Å². The molecule has 0 spiro atoms. The molecule has 1 saturated carbocycles. The number of nitrogens with zero attached hydrogens (tertiary/aromatic N) is 1. The van der Waals surface area contributed by atoms with Crippen LogP contribution in [0.15, 0.2) is 5.16 Å². The molecule has 1 aliphatic carbocycles. The van der Waals surface area contributed by atoms with Gasteiger partial charge in [-0.1, -0.05) is 24.4 Å². The second-order valence-corrected chi connectivity index (χ2v) is 2.74. The molecule has 2 nitrogen and oxygen atoms in total. The van der Waals surface area contributed by atoms with Gasteiger partial charge < -0.3 is 4.84 Å². The molecule has 0 bridgehead atoms. The molecule has 0 unspecified atom stereocenters. The van der Waals surface area contributed by atoms with Gasteiger partial charge in [-0.05, 0) is 12.8 Å². The standard InChI is InChI=1S/C8H14NO/c1-10-9-7-8-5-3-2-4-6-8/h8H,2-6H2,1H3. The van der Waals surface area contributed by atoms with E-state index in [0.717, 1.165) is 0 Å². The van der Waals surface area contributed by atoms with Gasteiger partial charge in [-0.2, -0.15) is 0 Å². The van der Waals surface area contributed by atoms with E-state index < -0.39 is 0 Å². The lowest BCUT2D eigenvalue weighted by molar-refractivity contribution is 0.212. The second kappa shape index (κ2) is 4.31. The third-order valence-electron chi connectivity index (χ3n) is 1.93. The third-order valence-corrected chi connectivity index (χ3v) is 1.93. The van der Waals surface area contributed by atoms with Gasteiger partial charge in [-0.15, -0.1) is 0 Å². The Bertz CT molecular complexity index is 106. The summed E-state index contributed by atoms with van der Waals surface area (Å²) in [5, 5.41) is 3.65. The highest BCUT2D eigenvalue weighted by Gasteiger charge is 2.11. The Morgan fingerprint density at radius 2 is 2.00 bits per heavy atom. The molecule has 0 atom stereocenters. The Morgan fingerprint density at radius 1 is 1.30 bits per heavy atom. The molecule has 0 amide bonds. The van der Waals surface area contributed by atoms with Crippen molar-refractivity contribution in [3.8, 4) is 0 Å². The van der Waals surface area contributed by atoms with E-state index in [0.29, 0.717) is 5.92 Å². The zero-order valence-corrected chi connectivity index (χ0v) is 6.47. The van der Waals surface area contributed by atoms with E-state index >= 15 is 0 Å². The van der Waals surface area contributed by atoms with Crippen LogP contribution in [-0.2, 0) is 4.84 Å². The Hall–Kier alpha value is -0.530. The average molecular weight is 140 g/mol. The van der Waals surface area contributed by atoms with Crippen LogP contribution in [-0.4, -0.2) is 13.3 Å². The van der Waals surface area contributed by atoms with Crippen molar-refractivity contribution in [3.05, 3.63) is 0 Å². The molecule has 0 aliphatic heterocycles. The van der Waals surface area contributed by atoms with Crippen molar-refractivity contribution in [3.63, 3.8) is 0 Å². The summed E-state index contributed by atoms with van der Waals surface area (Å²) >= 11 is 0. The van der Waals surface area contributed by atoms with Gasteiger partial charge in [0.2, 0.25) is 0 Å². The maximum Gasteiger partial charge on any atom is 0.108 e. The van der Waals surface area contributed by atoms with Crippen molar-refractivity contribution < 1.29 is 4.84 Å². The molecular weight excluding hydrogens is 126 g/mol. The van der Waals surface area contributed by atoms with Crippen molar-refractivity contribution in [2.75, 3.05) is 7.11 Å². The first kappa shape index (κ1) is 7.58. The molecule has 0 aromatic heterocycles. The van der Waals surface area contributed by atoms with Crippen LogP contribution >= 0.6 is 0 Å². The topological polar surface area (TPSA) is 21.6 Å². The van der Waals surface area contributed by atoms with Crippen LogP contribution in [0.2, 0.25) is 0 Å². The highest BCUT2D eigenvalue weighted by atomic mass is 16.6. The monoisotopic (exact) mass is 140 g/mol. The van der Waals surface area contributed by atoms with Crippen LogP contribution in [0.25, 0.3) is 0 Å². The van der Waals surface area contributed by atoms with Crippen LogP contribution in [0.1, 0.15) is 32.1 Å². The van der Waals surface area contributed by atoms with Crippen molar-refractivity contribution in [1.29, 1.82) is 0 Å². The van der Waals surface area contributed by atoms with Crippen LogP contribution in [0.4, 0.5) is 0 Å². The van der Waals surface area contributed by atoms with Crippen LogP contribution in [0, 0.1) is 5.92 Å². The lowest BCUT2D eigenvalue weighted by Gasteiger charge is -2.15. The highest BCUT2D eigenvalue weighted by molar-refractivity contribution is 5.59. The van der Waals surface area contributed by atoms with Crippen molar-refractivity contribution >= 4 is 6.21 Å². The van der Waals surface area contributed by atoms with Gasteiger partial charge >= 0.3 is 0 Å². The van der Waals surface area contributed by atoms with Gasteiger partial charge in [-0.25, -0.2) is 0 Å². The molecule has 1 aliphatic rings. The molecule has 0 aromatic rings. The van der Waals surface area contributed by atoms with Crippen LogP contribution in [0.5, 0.6) is 0 Å². The first-order valence-corrected chi connectivity index (χ1v) is 3.92. The minimum absolute atomic E-state index is 0.564. The minimum Gasteiger partial charge on any atom is -0.399 e. The molecule has 1 fully saturated rings. The summed E-state index contributed by atoms with van der Waals surface area (Å²) in [6.45, 7) is 0. The Kier molecular flexibility index (Phi) is 3.27. The summed E-state index contributed by atoms with van der Waals surface area (Å²) in [5.41, 5.74) is 0. The Morgan fingerprint density at radius 3 is 2.60 bits per heavy atom. The summed E-state index contributed by atoms with van der Waals surface area (Å²) in [7, 11) is 1.57. The van der Waals surface area contributed by atoms with E-state index in [1.807, 2.05) is 0 Å². The fourth-order valence-corrected chi connectivity index (χ4v) is 1.36. The maximum absolute atomic E-state index is 4.56. The van der Waals surface area contributed by atoms with Gasteiger partial charge in [-0.3, -0.25) is 0 Å². The molecule has 1 rings (SSSR count). The zero-order chi connectivity index (χ0) is 7.23. The summed E-state index contributed by atoms with van der Waals surface area (Å²) < 4.78 is 0. The van der Waals surface area contributed by atoms with Gasteiger partial charge in [0, 0.05) is 5.92 Å². The summed E-state index contributed by atoms with van der Waals surface area (Å²) in [4.78, 5) is 4.56. The van der Waals surface area contributed by atoms with E-state index in [1.165, 1.54) is 32.1 Å². The summed E-state index contributed by atoms with van der Waals surface area (Å²) in [6.07, 6.45) is 9.50. The molecule has 2 heteroatoms. The van der Waals surface area contributed by atoms with Gasteiger partial charge in [0.1, 0.15) is 13.3 Å². The van der Waals surface area contributed by atoms with E-state index in [-0.39, 0.29) is 0 Å². The number of hydrogen-bond donors (Lipinski definition) is 0. The predicted molar refractivity (Wildman–Crippen MR) is 41.0 cm³/mol. The highest BCUT2D eigenvalue weighted by Crippen LogP contribution is 2.21. The zero-order valence-electron chi connectivity index (χ0n) is 6.47. The summed E-state index contributed by atoms with van der Waals surface area (Å²) in [6, 6.07) is 0. The van der Waals surface area contributed by atoms with Crippen molar-refractivity contribution in [2.45, 2.75) is 32.1 Å². The van der Waals surface area contributed by atoms with Gasteiger partial charge in [0.05, 0.1) is 0 Å². The lowest BCUT2D eigenvalue weighted by Crippen LogP contribution is -2.06. The normalized spacial score (nSPS) is 21.7. The number of hydrogen-bond acceptors (Lipinski definition) is 2. The SMILES string of the molecule is CO/N=[C]/C1CCCCC1. The molecule has 0 aromatic carbocycles. The average Bonchev–Trinajstić information content (AvgIpc) is 2.03. The first-order chi connectivity index (χ1) is 4.93. The molecule has 0 N–H and O–H groups in total. The second-order valence-electron chi connectivity index (χ2n) is 2.74. The molecule has 57 valence electrons. The molecular formula is C8H14NO. The van der Waals surface area contributed by atoms with E-state index in [9.17, 15) is 0 Å². The first-order valence-electron chi connectivity index (χ1n) is 3.92. The van der Waals surface area contributed by atoms with Crippen LogP contribution in [0.3, 0.4) is 0 Å². The van der Waals surface area contributed by atoms with E-state index in [4.69, 9.17) is 0 Å². The molecule has 0 saturated heterocycles. The third kappa shape index (κ3) is 2.38. The maximum atomic E-state index is 4.56. The molecule has 1 radical (unpaired) electrons. The van der Waals surface area contributed by atoms with Crippen molar-refractivity contribution in [1.82, 2.24) is 0 Å². The Labute approximate surface area is 62.3 Å². The summed E-state index contributed by atoms with van der Waals surface area (Å²) in [5.74, 6) is 0.564. The Balaban J connectivity index is 2.19. The van der Waals surface area contributed by atoms with E-state index in [2.05, 4.69) is 16.2 Å². The fraction of sp³-hybridized carbons (Fsp3) is 0.875. The minimum atomic E-state index is 0.564. The molecule has 10 heavy (non-hydrogen) atoms. The molecule has 0 heterocycles.